The molecular weight excluding hydrogens is 254 g/mol. The van der Waals surface area contributed by atoms with Crippen LogP contribution < -0.4 is 5.32 Å². The molecule has 1 aromatic rings. The summed E-state index contributed by atoms with van der Waals surface area (Å²) < 4.78 is 3.45. The van der Waals surface area contributed by atoms with E-state index in [9.17, 15) is 0 Å². The zero-order chi connectivity index (χ0) is 10.3. The molecule has 3 rings (SSSR count). The maximum Gasteiger partial charge on any atom is 0.109 e. The van der Waals surface area contributed by atoms with E-state index in [0.717, 1.165) is 19.5 Å². The monoisotopic (exact) mass is 269 g/mol. The van der Waals surface area contributed by atoms with Crippen LogP contribution in [0, 0.1) is 0 Å². The second-order valence-corrected chi connectivity index (χ2v) is 5.28. The molecule has 1 aromatic heterocycles. The normalized spacial score (nSPS) is 21.9. The van der Waals surface area contributed by atoms with Gasteiger partial charge in [0, 0.05) is 25.1 Å². The van der Waals surface area contributed by atoms with Crippen LogP contribution in [0.2, 0.25) is 0 Å². The van der Waals surface area contributed by atoms with E-state index < -0.39 is 0 Å². The summed E-state index contributed by atoms with van der Waals surface area (Å²) >= 11 is 3.71. The second kappa shape index (κ2) is 3.91. The number of nitrogens with one attached hydrogen (secondary N) is 1. The lowest BCUT2D eigenvalue weighted by Gasteiger charge is -2.11. The van der Waals surface area contributed by atoms with Gasteiger partial charge in [-0.15, -0.1) is 0 Å². The van der Waals surface area contributed by atoms with Gasteiger partial charge in [0.1, 0.15) is 4.60 Å². The number of fused-ring (bicyclic) bond motifs is 1. The van der Waals surface area contributed by atoms with E-state index in [2.05, 4.69) is 25.9 Å². The minimum absolute atomic E-state index is 0.643. The van der Waals surface area contributed by atoms with Crippen LogP contribution in [-0.2, 0) is 13.0 Å². The van der Waals surface area contributed by atoms with Gasteiger partial charge in [0.05, 0.1) is 11.7 Å². The Labute approximate surface area is 98.4 Å². The fourth-order valence-electron chi connectivity index (χ4n) is 2.68. The molecule has 0 spiro atoms. The van der Waals surface area contributed by atoms with E-state index in [1.807, 2.05) is 0 Å². The predicted molar refractivity (Wildman–Crippen MR) is 62.8 cm³/mol. The van der Waals surface area contributed by atoms with Crippen molar-refractivity contribution in [1.29, 1.82) is 0 Å². The zero-order valence-electron chi connectivity index (χ0n) is 8.80. The first-order valence-electron chi connectivity index (χ1n) is 5.83. The molecule has 1 N–H and O–H groups in total. The minimum Gasteiger partial charge on any atom is -0.312 e. The van der Waals surface area contributed by atoms with Gasteiger partial charge in [-0.1, -0.05) is 12.8 Å². The summed E-state index contributed by atoms with van der Waals surface area (Å²) in [5, 5.41) is 8.16. The molecule has 2 heterocycles. The van der Waals surface area contributed by atoms with Gasteiger partial charge in [-0.3, -0.25) is 4.68 Å². The van der Waals surface area contributed by atoms with Gasteiger partial charge >= 0.3 is 0 Å². The Morgan fingerprint density at radius 1 is 1.33 bits per heavy atom. The zero-order valence-corrected chi connectivity index (χ0v) is 10.4. The topological polar surface area (TPSA) is 29.9 Å². The quantitative estimate of drug-likeness (QED) is 0.849. The molecular formula is C11H16BrN3. The summed E-state index contributed by atoms with van der Waals surface area (Å²) in [5.41, 5.74) is 2.68. The van der Waals surface area contributed by atoms with E-state index in [4.69, 9.17) is 5.10 Å². The Morgan fingerprint density at radius 3 is 2.87 bits per heavy atom. The van der Waals surface area contributed by atoms with Crippen LogP contribution in [0.3, 0.4) is 0 Å². The van der Waals surface area contributed by atoms with Gasteiger partial charge in [-0.05, 0) is 28.8 Å². The van der Waals surface area contributed by atoms with Crippen molar-refractivity contribution in [2.24, 2.45) is 0 Å². The number of aromatic nitrogens is 2. The molecule has 0 amide bonds. The lowest BCUT2D eigenvalue weighted by molar-refractivity contribution is 0.455. The Hall–Kier alpha value is -0.350. The van der Waals surface area contributed by atoms with Crippen molar-refractivity contribution >= 4 is 15.9 Å². The highest BCUT2D eigenvalue weighted by Crippen LogP contribution is 2.34. The van der Waals surface area contributed by atoms with Gasteiger partial charge in [-0.2, -0.15) is 5.10 Å². The van der Waals surface area contributed by atoms with Gasteiger partial charge in [0.2, 0.25) is 0 Å². The molecule has 3 nitrogen and oxygen atoms in total. The fourth-order valence-corrected chi connectivity index (χ4v) is 3.42. The number of rotatable bonds is 1. The maximum absolute atomic E-state index is 4.76. The Bertz CT molecular complexity index is 366. The number of nitrogens with zero attached hydrogens (tertiary/aromatic N) is 2. The molecule has 1 saturated carbocycles. The van der Waals surface area contributed by atoms with Crippen molar-refractivity contribution in [3.63, 3.8) is 0 Å². The summed E-state index contributed by atoms with van der Waals surface area (Å²) in [4.78, 5) is 0. The smallest absolute Gasteiger partial charge is 0.109 e. The van der Waals surface area contributed by atoms with Crippen molar-refractivity contribution in [3.8, 4) is 0 Å². The van der Waals surface area contributed by atoms with Gasteiger partial charge < -0.3 is 5.32 Å². The minimum atomic E-state index is 0.643. The van der Waals surface area contributed by atoms with Crippen molar-refractivity contribution in [2.45, 2.75) is 44.7 Å². The molecule has 2 aliphatic rings. The molecule has 0 aromatic carbocycles. The summed E-state index contributed by atoms with van der Waals surface area (Å²) in [6, 6.07) is 0.643. The van der Waals surface area contributed by atoms with Crippen LogP contribution in [0.1, 0.15) is 43.0 Å². The summed E-state index contributed by atoms with van der Waals surface area (Å²) in [6.45, 7) is 2.05. The average Bonchev–Trinajstić information content (AvgIpc) is 2.87. The Balaban J connectivity index is 1.97. The molecule has 82 valence electrons. The molecule has 15 heavy (non-hydrogen) atoms. The lowest BCUT2D eigenvalue weighted by Crippen LogP contribution is -2.23. The molecule has 1 aliphatic heterocycles. The number of hydrogen-bond donors (Lipinski definition) is 1. The standard InChI is InChI=1S/C11H16BrN3/c12-11-9-7-13-6-5-10(9)14-15(11)8-3-1-2-4-8/h8,13H,1-7H2. The van der Waals surface area contributed by atoms with Crippen LogP contribution in [0.4, 0.5) is 0 Å². The molecule has 0 bridgehead atoms. The number of halogens is 1. The third-order valence-electron chi connectivity index (χ3n) is 3.54. The van der Waals surface area contributed by atoms with E-state index >= 15 is 0 Å². The highest BCUT2D eigenvalue weighted by Gasteiger charge is 2.24. The van der Waals surface area contributed by atoms with Crippen LogP contribution in [0.25, 0.3) is 0 Å². The van der Waals surface area contributed by atoms with E-state index in [1.165, 1.54) is 41.5 Å². The van der Waals surface area contributed by atoms with Crippen molar-refractivity contribution in [3.05, 3.63) is 15.9 Å². The van der Waals surface area contributed by atoms with Gasteiger partial charge in [-0.25, -0.2) is 0 Å². The highest BCUT2D eigenvalue weighted by molar-refractivity contribution is 9.10. The Kier molecular flexibility index (Phi) is 2.56. The second-order valence-electron chi connectivity index (χ2n) is 4.53. The molecule has 1 fully saturated rings. The van der Waals surface area contributed by atoms with Crippen molar-refractivity contribution in [2.75, 3.05) is 6.54 Å². The van der Waals surface area contributed by atoms with E-state index in [-0.39, 0.29) is 0 Å². The van der Waals surface area contributed by atoms with Crippen LogP contribution in [0.5, 0.6) is 0 Å². The third kappa shape index (κ3) is 1.64. The first-order valence-corrected chi connectivity index (χ1v) is 6.62. The van der Waals surface area contributed by atoms with E-state index in [1.54, 1.807) is 0 Å². The summed E-state index contributed by atoms with van der Waals surface area (Å²) in [7, 11) is 0. The summed E-state index contributed by atoms with van der Waals surface area (Å²) in [5.74, 6) is 0. The first-order chi connectivity index (χ1) is 7.36. The molecule has 0 atom stereocenters. The molecule has 1 aliphatic carbocycles. The first kappa shape index (κ1) is 9.85. The Morgan fingerprint density at radius 2 is 2.13 bits per heavy atom. The van der Waals surface area contributed by atoms with E-state index in [0.29, 0.717) is 6.04 Å². The summed E-state index contributed by atoms with van der Waals surface area (Å²) in [6.07, 6.45) is 6.40. The predicted octanol–water partition coefficient (Wildman–Crippen LogP) is 2.41. The molecule has 0 radical (unpaired) electrons. The third-order valence-corrected chi connectivity index (χ3v) is 4.38. The average molecular weight is 270 g/mol. The van der Waals surface area contributed by atoms with Crippen molar-refractivity contribution in [1.82, 2.24) is 15.1 Å². The van der Waals surface area contributed by atoms with Gasteiger partial charge in [0.15, 0.2) is 0 Å². The van der Waals surface area contributed by atoms with Crippen LogP contribution in [0.15, 0.2) is 4.60 Å². The van der Waals surface area contributed by atoms with Gasteiger partial charge in [0.25, 0.3) is 0 Å². The fraction of sp³-hybridized carbons (Fsp3) is 0.727. The molecule has 4 heteroatoms. The van der Waals surface area contributed by atoms with Crippen LogP contribution >= 0.6 is 15.9 Å². The number of hydrogen-bond acceptors (Lipinski definition) is 2. The molecule has 0 saturated heterocycles. The van der Waals surface area contributed by atoms with Crippen LogP contribution in [-0.4, -0.2) is 16.3 Å². The SMILES string of the molecule is Brc1c2c(nn1C1CCCC1)CCNC2. The highest BCUT2D eigenvalue weighted by atomic mass is 79.9. The maximum atomic E-state index is 4.76. The largest absolute Gasteiger partial charge is 0.312 e. The van der Waals surface area contributed by atoms with Crippen molar-refractivity contribution < 1.29 is 0 Å². The lowest BCUT2D eigenvalue weighted by atomic mass is 10.1. The molecule has 0 unspecified atom stereocenters.